The van der Waals surface area contributed by atoms with Gasteiger partial charge in [-0.2, -0.15) is 30.7 Å². The van der Waals surface area contributed by atoms with Crippen molar-refractivity contribution in [3.8, 4) is 0 Å². The molecule has 0 saturated heterocycles. The topological polar surface area (TPSA) is 51.2 Å². The zero-order valence-electron chi connectivity index (χ0n) is 13.6. The highest BCUT2D eigenvalue weighted by atomic mass is 79.9. The molecule has 0 amide bonds. The van der Waals surface area contributed by atoms with Crippen molar-refractivity contribution in [3.63, 3.8) is 0 Å². The summed E-state index contributed by atoms with van der Waals surface area (Å²) >= 11 is 5.92. The third kappa shape index (κ3) is 4.63. The zero-order chi connectivity index (χ0) is 21.6. The third-order valence-corrected chi connectivity index (χ3v) is 9.60. The summed E-state index contributed by atoms with van der Waals surface area (Å²) in [7, 11) is -7.89. The molecule has 27 heavy (non-hydrogen) atoms. The molecule has 3 atom stereocenters. The first kappa shape index (κ1) is 25.1. The summed E-state index contributed by atoms with van der Waals surface area (Å²) in [6.07, 6.45) is -5.38. The van der Waals surface area contributed by atoms with Crippen molar-refractivity contribution in [2.75, 3.05) is 5.75 Å². The molecule has 0 aliphatic heterocycles. The van der Waals surface area contributed by atoms with E-state index in [2.05, 4.69) is 31.9 Å². The van der Waals surface area contributed by atoms with Crippen LogP contribution in [0.3, 0.4) is 0 Å². The molecule has 0 heterocycles. The van der Waals surface area contributed by atoms with Crippen LogP contribution in [0.15, 0.2) is 21.5 Å². The summed E-state index contributed by atoms with van der Waals surface area (Å²) in [6.45, 7) is 2.52. The Hall–Kier alpha value is 0.0500. The van der Waals surface area contributed by atoms with Crippen LogP contribution in [0.25, 0.3) is 0 Å². The fraction of sp³-hybridized carbons (Fsp3) is 0.692. The largest absolute Gasteiger partial charge is 0.461 e. The Labute approximate surface area is 170 Å². The second-order valence-electron chi connectivity index (χ2n) is 5.69. The predicted octanol–water partition coefficient (Wildman–Crippen LogP) is 5.05. The van der Waals surface area contributed by atoms with Crippen molar-refractivity contribution < 1.29 is 43.4 Å². The van der Waals surface area contributed by atoms with Crippen molar-refractivity contribution in [2.24, 2.45) is 0 Å². The van der Waals surface area contributed by atoms with Gasteiger partial charge in [0, 0.05) is 10.7 Å². The highest BCUT2D eigenvalue weighted by Crippen LogP contribution is 2.51. The molecule has 3 nitrogen and oxygen atoms in total. The van der Waals surface area contributed by atoms with E-state index >= 15 is 0 Å². The van der Waals surface area contributed by atoms with Crippen LogP contribution in [0.2, 0.25) is 0 Å². The third-order valence-electron chi connectivity index (χ3n) is 3.91. The van der Waals surface area contributed by atoms with Crippen LogP contribution in [0.1, 0.15) is 20.3 Å². The minimum atomic E-state index is -6.63. The molecular weight excluding hydrogens is 561 g/mol. The number of sulfone groups is 1. The number of alkyl halides is 8. The quantitative estimate of drug-likeness (QED) is 0.330. The van der Waals surface area contributed by atoms with Crippen LogP contribution >= 0.6 is 31.9 Å². The van der Waals surface area contributed by atoms with Crippen molar-refractivity contribution in [1.82, 2.24) is 0 Å². The zero-order valence-corrected chi connectivity index (χ0v) is 18.4. The molecule has 0 fully saturated rings. The fourth-order valence-corrected chi connectivity index (χ4v) is 7.39. The van der Waals surface area contributed by atoms with Gasteiger partial charge in [0.15, 0.2) is 9.84 Å². The molecule has 0 radical (unpaired) electrons. The maximum Gasteiger partial charge on any atom is 0.461 e. The van der Waals surface area contributed by atoms with E-state index in [1.54, 1.807) is 0 Å². The molecule has 1 aliphatic carbocycles. The van der Waals surface area contributed by atoms with Gasteiger partial charge in [-0.05, 0) is 30.0 Å². The van der Waals surface area contributed by atoms with E-state index in [4.69, 9.17) is 0 Å². The number of hydrogen-bond donors (Lipinski definition) is 0. The molecule has 0 saturated carbocycles. The van der Waals surface area contributed by atoms with Gasteiger partial charge in [-0.1, -0.05) is 38.8 Å². The highest BCUT2D eigenvalue weighted by molar-refractivity contribution is 9.12. The van der Waals surface area contributed by atoms with Crippen molar-refractivity contribution in [2.45, 2.75) is 47.2 Å². The number of halogens is 9. The number of rotatable bonds is 6. The molecular formula is C13H13Br2F7O3S2. The van der Waals surface area contributed by atoms with E-state index in [1.165, 1.54) is 13.8 Å². The number of hydrogen-bond acceptors (Lipinski definition) is 3. The number of allylic oxidation sites excluding steroid dienone is 3. The second kappa shape index (κ2) is 7.71. The first-order valence-corrected chi connectivity index (χ1v) is 11.5. The lowest BCUT2D eigenvalue weighted by Crippen LogP contribution is -2.54. The summed E-state index contributed by atoms with van der Waals surface area (Å²) in [4.78, 5) is -1.06. The van der Waals surface area contributed by atoms with Crippen LogP contribution < -0.4 is 0 Å². The Morgan fingerprint density at radius 2 is 1.70 bits per heavy atom. The van der Waals surface area contributed by atoms with E-state index < -0.39 is 52.5 Å². The summed E-state index contributed by atoms with van der Waals surface area (Å²) in [6, 6.07) is 0. The molecule has 0 aromatic rings. The lowest BCUT2D eigenvalue weighted by molar-refractivity contribution is -0.331. The molecule has 3 unspecified atom stereocenters. The van der Waals surface area contributed by atoms with Crippen molar-refractivity contribution in [3.05, 3.63) is 21.5 Å². The normalized spacial score (nSPS) is 24.9. The van der Waals surface area contributed by atoms with E-state index in [-0.39, 0.29) is 16.7 Å². The minimum Gasteiger partial charge on any atom is -0.248 e. The van der Waals surface area contributed by atoms with Crippen LogP contribution in [-0.4, -0.2) is 45.3 Å². The maximum absolute atomic E-state index is 13.8. The lowest BCUT2D eigenvalue weighted by Gasteiger charge is -2.34. The van der Waals surface area contributed by atoms with Gasteiger partial charge in [-0.3, -0.25) is 0 Å². The molecule has 158 valence electrons. The average Bonchev–Trinajstić information content (AvgIpc) is 2.51. The van der Waals surface area contributed by atoms with Crippen LogP contribution in [0.5, 0.6) is 0 Å². The Balaban J connectivity index is 3.48. The van der Waals surface area contributed by atoms with E-state index in [1.807, 2.05) is 0 Å². The van der Waals surface area contributed by atoms with Crippen molar-refractivity contribution >= 4 is 52.5 Å². The molecule has 1 aliphatic rings. The SMILES string of the molecule is CCS(=O)(=O)C(C)C1(Br)C=C(S(=O)C(F)(F)C(F)(F)C(F)(F)F)C=C(Br)C1. The highest BCUT2D eigenvalue weighted by Gasteiger charge is 2.76. The van der Waals surface area contributed by atoms with E-state index in [0.717, 1.165) is 0 Å². The van der Waals surface area contributed by atoms with E-state index in [0.29, 0.717) is 12.2 Å². The molecule has 14 heteroatoms. The summed E-state index contributed by atoms with van der Waals surface area (Å²) in [5, 5.41) is -7.25. The summed E-state index contributed by atoms with van der Waals surface area (Å²) in [5.74, 6) is -6.89. The molecule has 0 bridgehead atoms. The maximum atomic E-state index is 13.8. The van der Waals surface area contributed by atoms with Gasteiger partial charge in [0.25, 0.3) is 0 Å². The molecule has 0 spiro atoms. The van der Waals surface area contributed by atoms with Gasteiger partial charge in [0.2, 0.25) is 0 Å². The summed E-state index contributed by atoms with van der Waals surface area (Å²) in [5.41, 5.74) is 0. The van der Waals surface area contributed by atoms with Gasteiger partial charge >= 0.3 is 17.4 Å². The van der Waals surface area contributed by atoms with Crippen LogP contribution in [0.4, 0.5) is 30.7 Å². The summed E-state index contributed by atoms with van der Waals surface area (Å²) < 4.78 is 125. The van der Waals surface area contributed by atoms with Crippen LogP contribution in [-0.2, 0) is 20.6 Å². The van der Waals surface area contributed by atoms with Gasteiger partial charge in [-0.25, -0.2) is 12.6 Å². The van der Waals surface area contributed by atoms with Crippen LogP contribution in [0, 0.1) is 0 Å². The Kier molecular flexibility index (Phi) is 7.16. The van der Waals surface area contributed by atoms with Gasteiger partial charge in [0.1, 0.15) is 10.8 Å². The molecule has 0 aromatic heterocycles. The molecule has 0 aromatic carbocycles. The van der Waals surface area contributed by atoms with Gasteiger partial charge < -0.3 is 0 Å². The Morgan fingerprint density at radius 1 is 1.22 bits per heavy atom. The second-order valence-corrected chi connectivity index (χ2v) is 12.3. The minimum absolute atomic E-state index is 0.00509. The lowest BCUT2D eigenvalue weighted by atomic mass is 9.97. The average molecular weight is 574 g/mol. The Morgan fingerprint density at radius 3 is 2.11 bits per heavy atom. The smallest absolute Gasteiger partial charge is 0.248 e. The first-order valence-electron chi connectivity index (χ1n) is 7.07. The fourth-order valence-electron chi connectivity index (χ4n) is 2.14. The molecule has 1 rings (SSSR count). The monoisotopic (exact) mass is 572 g/mol. The molecule has 0 N–H and O–H groups in total. The van der Waals surface area contributed by atoms with Crippen molar-refractivity contribution in [1.29, 1.82) is 0 Å². The first-order chi connectivity index (χ1) is 11.8. The van der Waals surface area contributed by atoms with Gasteiger partial charge in [-0.15, -0.1) is 0 Å². The predicted molar refractivity (Wildman–Crippen MR) is 94.4 cm³/mol. The standard InChI is InChI=1S/C13H13Br2F7O3S2/c1-3-27(24,25)7(2)10(15)5-8(14)4-9(6-10)26(23)13(21,22)11(16,17)12(18,19)20/h4,6-7H,3,5H2,1-2H3. The Bertz CT molecular complexity index is 790. The van der Waals surface area contributed by atoms with Gasteiger partial charge in [0.05, 0.1) is 9.57 Å². The van der Waals surface area contributed by atoms with E-state index in [9.17, 15) is 43.4 Å².